The van der Waals surface area contributed by atoms with Crippen molar-refractivity contribution < 1.29 is 27.2 Å². The van der Waals surface area contributed by atoms with Gasteiger partial charge in [0.2, 0.25) is 15.9 Å². The first-order valence-corrected chi connectivity index (χ1v) is 16.3. The molecular formula is C30H53N4O5S+. The van der Waals surface area contributed by atoms with Gasteiger partial charge in [0.15, 0.2) is 0 Å². The molecule has 0 spiro atoms. The topological polar surface area (TPSA) is 79.4 Å². The van der Waals surface area contributed by atoms with Crippen LogP contribution >= 0.6 is 0 Å². The Hall–Kier alpha value is -1.72. The second kappa shape index (κ2) is 14.0. The van der Waals surface area contributed by atoms with E-state index in [1.165, 1.54) is 23.8 Å². The summed E-state index contributed by atoms with van der Waals surface area (Å²) in [6.07, 6.45) is 5.00. The quantitative estimate of drug-likeness (QED) is 0.279. The van der Waals surface area contributed by atoms with Crippen LogP contribution in [0, 0.1) is 6.92 Å². The van der Waals surface area contributed by atoms with Crippen LogP contribution in [-0.2, 0) is 26.0 Å². The van der Waals surface area contributed by atoms with E-state index in [4.69, 9.17) is 9.47 Å². The normalized spacial score (nSPS) is 22.1. The van der Waals surface area contributed by atoms with Crippen LogP contribution in [-0.4, -0.2) is 125 Å². The second-order valence-electron chi connectivity index (χ2n) is 12.2. The smallest absolute Gasteiger partial charge is 0.248 e. The first kappa shape index (κ1) is 32.8. The standard InChI is InChI=1S/C30H53N4O5S/c1-9-25-20-28(38-8)19-24(4)30(25)40(36,37)31(5)15-18-39-22-29(35)32(6)26-11-10-12-27(21-26)34(7)16-13-33(14-17-34)23(2)3/h19-20,23,26-27H,9-18,21-22H2,1-8H3/q+1. The van der Waals surface area contributed by atoms with Crippen LogP contribution < -0.4 is 4.74 Å². The summed E-state index contributed by atoms with van der Waals surface area (Å²) in [4.78, 5) is 17.8. The number of benzene rings is 1. The number of methoxy groups -OCH3 is 1. The van der Waals surface area contributed by atoms with Gasteiger partial charge >= 0.3 is 0 Å². The highest BCUT2D eigenvalue weighted by Crippen LogP contribution is 2.32. The van der Waals surface area contributed by atoms with E-state index >= 15 is 0 Å². The molecule has 1 aliphatic heterocycles. The molecule has 228 valence electrons. The number of ether oxygens (including phenoxy) is 2. The molecule has 1 saturated carbocycles. The predicted molar refractivity (Wildman–Crippen MR) is 159 cm³/mol. The highest BCUT2D eigenvalue weighted by Gasteiger charge is 2.41. The van der Waals surface area contributed by atoms with E-state index < -0.39 is 10.0 Å². The number of amides is 1. The number of sulfonamides is 1. The van der Waals surface area contributed by atoms with Crippen LogP contribution in [0.25, 0.3) is 0 Å². The number of aryl methyl sites for hydroxylation is 2. The molecule has 2 aliphatic rings. The highest BCUT2D eigenvalue weighted by molar-refractivity contribution is 7.89. The lowest BCUT2D eigenvalue weighted by atomic mass is 9.87. The van der Waals surface area contributed by atoms with Crippen molar-refractivity contribution in [3.8, 4) is 5.75 Å². The molecule has 1 amide bonds. The minimum Gasteiger partial charge on any atom is -0.497 e. The largest absolute Gasteiger partial charge is 0.497 e. The van der Waals surface area contributed by atoms with Crippen LogP contribution in [0.3, 0.4) is 0 Å². The Labute approximate surface area is 243 Å². The molecule has 1 aromatic rings. The van der Waals surface area contributed by atoms with E-state index in [0.29, 0.717) is 34.7 Å². The molecule has 3 rings (SSSR count). The summed E-state index contributed by atoms with van der Waals surface area (Å²) in [5.41, 5.74) is 1.38. The molecule has 0 aromatic heterocycles. The van der Waals surface area contributed by atoms with Crippen molar-refractivity contribution in [2.75, 3.05) is 74.2 Å². The van der Waals surface area contributed by atoms with E-state index in [0.717, 1.165) is 42.4 Å². The lowest BCUT2D eigenvalue weighted by Gasteiger charge is -2.50. The van der Waals surface area contributed by atoms with E-state index in [1.807, 2.05) is 18.9 Å². The van der Waals surface area contributed by atoms with Gasteiger partial charge < -0.3 is 18.9 Å². The summed E-state index contributed by atoms with van der Waals surface area (Å²) in [6.45, 7) is 13.2. The number of hydrogen-bond donors (Lipinski definition) is 0. The summed E-state index contributed by atoms with van der Waals surface area (Å²) in [6, 6.07) is 4.92. The molecule has 10 heteroatoms. The van der Waals surface area contributed by atoms with Crippen molar-refractivity contribution in [1.29, 1.82) is 0 Å². The Kier molecular flexibility index (Phi) is 11.4. The molecule has 2 atom stereocenters. The molecule has 1 aliphatic carbocycles. The third-order valence-corrected chi connectivity index (χ3v) is 11.5. The third-order valence-electron chi connectivity index (χ3n) is 9.35. The van der Waals surface area contributed by atoms with Crippen molar-refractivity contribution in [1.82, 2.24) is 14.1 Å². The molecule has 1 aromatic carbocycles. The molecule has 0 N–H and O–H groups in total. The fourth-order valence-electron chi connectivity index (χ4n) is 6.37. The summed E-state index contributed by atoms with van der Waals surface area (Å²) >= 11 is 0. The molecule has 1 saturated heterocycles. The summed E-state index contributed by atoms with van der Waals surface area (Å²) in [5, 5.41) is 0. The fraction of sp³-hybridized carbons (Fsp3) is 0.767. The number of nitrogens with zero attached hydrogens (tertiary/aromatic N) is 4. The zero-order valence-corrected chi connectivity index (χ0v) is 26.9. The van der Waals surface area contributed by atoms with Crippen molar-refractivity contribution in [3.63, 3.8) is 0 Å². The van der Waals surface area contributed by atoms with E-state index in [9.17, 15) is 13.2 Å². The van der Waals surface area contributed by atoms with Gasteiger partial charge in [-0.3, -0.25) is 9.69 Å². The van der Waals surface area contributed by atoms with Gasteiger partial charge in [-0.15, -0.1) is 0 Å². The minimum absolute atomic E-state index is 0.0389. The predicted octanol–water partition coefficient (Wildman–Crippen LogP) is 3.14. The van der Waals surface area contributed by atoms with E-state index in [-0.39, 0.29) is 31.7 Å². The zero-order chi connectivity index (χ0) is 29.7. The first-order valence-electron chi connectivity index (χ1n) is 14.9. The van der Waals surface area contributed by atoms with Crippen molar-refractivity contribution in [3.05, 3.63) is 23.3 Å². The first-order chi connectivity index (χ1) is 18.8. The Balaban J connectivity index is 1.50. The van der Waals surface area contributed by atoms with Crippen LogP contribution in [0.15, 0.2) is 17.0 Å². The van der Waals surface area contributed by atoms with Gasteiger partial charge in [0.05, 0.1) is 44.8 Å². The number of quaternary nitrogens is 1. The lowest BCUT2D eigenvalue weighted by Crippen LogP contribution is -2.64. The van der Waals surface area contributed by atoms with Crippen LogP contribution in [0.4, 0.5) is 0 Å². The maximum atomic E-state index is 13.4. The van der Waals surface area contributed by atoms with Gasteiger partial charge in [-0.05, 0) is 69.7 Å². The van der Waals surface area contributed by atoms with Gasteiger partial charge in [0.25, 0.3) is 0 Å². The molecule has 2 unspecified atom stereocenters. The average Bonchev–Trinajstić information content (AvgIpc) is 2.94. The molecule has 0 radical (unpaired) electrons. The van der Waals surface area contributed by atoms with Gasteiger partial charge in [-0.1, -0.05) is 6.92 Å². The highest BCUT2D eigenvalue weighted by atomic mass is 32.2. The summed E-state index contributed by atoms with van der Waals surface area (Å²) in [7, 11) is 3.72. The van der Waals surface area contributed by atoms with Gasteiger partial charge in [-0.25, -0.2) is 8.42 Å². The monoisotopic (exact) mass is 581 g/mol. The number of hydrogen-bond acceptors (Lipinski definition) is 6. The molecule has 0 bridgehead atoms. The average molecular weight is 582 g/mol. The Morgan fingerprint density at radius 3 is 2.45 bits per heavy atom. The summed E-state index contributed by atoms with van der Waals surface area (Å²) < 4.78 is 40.2. The number of rotatable bonds is 12. The lowest BCUT2D eigenvalue weighted by molar-refractivity contribution is -0.938. The van der Waals surface area contributed by atoms with Crippen molar-refractivity contribution in [2.45, 2.75) is 82.8 Å². The second-order valence-corrected chi connectivity index (χ2v) is 14.2. The number of carbonyl (C=O) groups excluding carboxylic acids is 1. The van der Waals surface area contributed by atoms with Crippen molar-refractivity contribution >= 4 is 15.9 Å². The van der Waals surface area contributed by atoms with Crippen molar-refractivity contribution in [2.24, 2.45) is 0 Å². The molecule has 40 heavy (non-hydrogen) atoms. The fourth-order valence-corrected chi connectivity index (χ4v) is 8.00. The third kappa shape index (κ3) is 7.56. The van der Waals surface area contributed by atoms with E-state index in [2.05, 4.69) is 25.8 Å². The zero-order valence-electron chi connectivity index (χ0n) is 26.1. The Morgan fingerprint density at radius 2 is 1.85 bits per heavy atom. The number of piperazine rings is 1. The maximum absolute atomic E-state index is 13.4. The molecular weight excluding hydrogens is 528 g/mol. The van der Waals surface area contributed by atoms with Gasteiger partial charge in [0.1, 0.15) is 12.4 Å². The molecule has 1 heterocycles. The van der Waals surface area contributed by atoms with Crippen LogP contribution in [0.5, 0.6) is 5.75 Å². The maximum Gasteiger partial charge on any atom is 0.248 e. The van der Waals surface area contributed by atoms with Crippen LogP contribution in [0.1, 0.15) is 57.6 Å². The number of likely N-dealkylation sites (N-methyl/N-ethyl adjacent to an activating group) is 3. The minimum atomic E-state index is -3.71. The number of carbonyl (C=O) groups is 1. The Morgan fingerprint density at radius 1 is 1.18 bits per heavy atom. The van der Waals surface area contributed by atoms with Crippen LogP contribution in [0.2, 0.25) is 0 Å². The van der Waals surface area contributed by atoms with E-state index in [1.54, 1.807) is 33.2 Å². The van der Waals surface area contributed by atoms with Gasteiger partial charge in [0, 0.05) is 52.2 Å². The SMILES string of the molecule is CCc1cc(OC)cc(C)c1S(=O)(=O)N(C)CCOCC(=O)N(C)C1CCCC([N+]2(C)CCN(C(C)C)CC2)C1. The molecule has 9 nitrogen and oxygen atoms in total. The Bertz CT molecular complexity index is 1100. The summed E-state index contributed by atoms with van der Waals surface area (Å²) in [5.74, 6) is 0.610. The van der Waals surface area contributed by atoms with Gasteiger partial charge in [-0.2, -0.15) is 4.31 Å². The molecule has 2 fully saturated rings.